The first-order valence-electron chi connectivity index (χ1n) is 9.31. The van der Waals surface area contributed by atoms with Crippen LogP contribution in [0, 0.1) is 24.0 Å². The van der Waals surface area contributed by atoms with Gasteiger partial charge in [-0.3, -0.25) is 10.1 Å². The second-order valence-electron chi connectivity index (χ2n) is 7.29. The molecule has 1 aliphatic rings. The molecule has 2 aromatic carbocycles. The third-order valence-corrected chi connectivity index (χ3v) is 5.22. The van der Waals surface area contributed by atoms with Crippen LogP contribution in [-0.4, -0.2) is 17.5 Å². The van der Waals surface area contributed by atoms with Crippen LogP contribution in [0.3, 0.4) is 0 Å². The smallest absolute Gasteiger partial charge is 0.292 e. The van der Waals surface area contributed by atoms with Crippen molar-refractivity contribution in [2.75, 3.05) is 16.8 Å². The molecule has 0 bridgehead atoms. The molecule has 0 spiro atoms. The van der Waals surface area contributed by atoms with E-state index in [9.17, 15) is 10.1 Å². The first-order chi connectivity index (χ1) is 12.5. The van der Waals surface area contributed by atoms with Crippen molar-refractivity contribution in [3.05, 3.63) is 63.2 Å². The average molecular weight is 353 g/mol. The molecule has 5 heteroatoms. The highest BCUT2D eigenvalue weighted by molar-refractivity contribution is 5.65. The quantitative estimate of drug-likeness (QED) is 0.593. The van der Waals surface area contributed by atoms with Crippen LogP contribution < -0.4 is 10.2 Å². The third kappa shape index (κ3) is 3.98. The molecule has 0 unspecified atom stereocenters. The molecule has 2 aromatic rings. The highest BCUT2D eigenvalue weighted by atomic mass is 16.6. The van der Waals surface area contributed by atoms with Crippen LogP contribution in [0.4, 0.5) is 17.1 Å². The Hall–Kier alpha value is -2.56. The largest absolute Gasteiger partial charge is 0.381 e. The zero-order valence-electron chi connectivity index (χ0n) is 15.8. The van der Waals surface area contributed by atoms with Gasteiger partial charge in [0.2, 0.25) is 0 Å². The summed E-state index contributed by atoms with van der Waals surface area (Å²) in [4.78, 5) is 13.6. The summed E-state index contributed by atoms with van der Waals surface area (Å²) < 4.78 is 0. The van der Waals surface area contributed by atoms with Gasteiger partial charge in [-0.1, -0.05) is 18.2 Å². The van der Waals surface area contributed by atoms with Crippen LogP contribution in [0.1, 0.15) is 42.9 Å². The fourth-order valence-corrected chi connectivity index (χ4v) is 3.65. The summed E-state index contributed by atoms with van der Waals surface area (Å²) in [5, 5.41) is 15.1. The lowest BCUT2D eigenvalue weighted by atomic mass is 10.0. The van der Waals surface area contributed by atoms with Gasteiger partial charge in [-0.05, 0) is 68.9 Å². The average Bonchev–Trinajstić information content (AvgIpc) is 2.63. The number of piperidine rings is 1. The van der Waals surface area contributed by atoms with Crippen LogP contribution >= 0.6 is 0 Å². The van der Waals surface area contributed by atoms with Crippen molar-refractivity contribution in [2.24, 2.45) is 0 Å². The minimum Gasteiger partial charge on any atom is -0.381 e. The number of hydrogen-bond acceptors (Lipinski definition) is 4. The molecule has 5 nitrogen and oxygen atoms in total. The lowest BCUT2D eigenvalue weighted by Gasteiger charge is -2.35. The minimum absolute atomic E-state index is 0.207. The molecule has 1 fully saturated rings. The molecule has 1 aliphatic heterocycles. The number of nitrogens with zero attached hydrogens (tertiary/aromatic N) is 2. The van der Waals surface area contributed by atoms with Gasteiger partial charge >= 0.3 is 0 Å². The summed E-state index contributed by atoms with van der Waals surface area (Å²) in [6, 6.07) is 12.3. The normalized spacial score (nSPS) is 17.2. The summed E-state index contributed by atoms with van der Waals surface area (Å²) in [6.45, 7) is 7.73. The number of hydrogen-bond donors (Lipinski definition) is 1. The SMILES string of the molecule is Cc1ccc(C)c(NCc2ccc(N3CCCC[C@@H]3C)c([N+](=O)[O-])c2)c1. The Morgan fingerprint density at radius 1 is 1.19 bits per heavy atom. The van der Waals surface area contributed by atoms with Gasteiger partial charge in [0.15, 0.2) is 0 Å². The molecule has 1 N–H and O–H groups in total. The number of anilines is 2. The Balaban J connectivity index is 1.82. The Kier molecular flexibility index (Phi) is 5.45. The van der Waals surface area contributed by atoms with E-state index in [2.05, 4.69) is 49.2 Å². The van der Waals surface area contributed by atoms with Crippen molar-refractivity contribution < 1.29 is 4.92 Å². The van der Waals surface area contributed by atoms with E-state index in [-0.39, 0.29) is 10.6 Å². The van der Waals surface area contributed by atoms with Crippen LogP contribution in [0.5, 0.6) is 0 Å². The van der Waals surface area contributed by atoms with E-state index in [1.807, 2.05) is 12.1 Å². The lowest BCUT2D eigenvalue weighted by molar-refractivity contribution is -0.384. The lowest BCUT2D eigenvalue weighted by Crippen LogP contribution is -2.37. The molecule has 1 heterocycles. The zero-order chi connectivity index (χ0) is 18.7. The zero-order valence-corrected chi connectivity index (χ0v) is 15.8. The molecule has 26 heavy (non-hydrogen) atoms. The van der Waals surface area contributed by atoms with Gasteiger partial charge < -0.3 is 10.2 Å². The van der Waals surface area contributed by atoms with Crippen LogP contribution in [0.2, 0.25) is 0 Å². The second-order valence-corrected chi connectivity index (χ2v) is 7.29. The van der Waals surface area contributed by atoms with Gasteiger partial charge in [0.05, 0.1) is 4.92 Å². The van der Waals surface area contributed by atoms with Crippen molar-refractivity contribution in [3.63, 3.8) is 0 Å². The van der Waals surface area contributed by atoms with E-state index >= 15 is 0 Å². The van der Waals surface area contributed by atoms with Gasteiger partial charge in [0.1, 0.15) is 5.69 Å². The summed E-state index contributed by atoms with van der Waals surface area (Å²) in [5.74, 6) is 0. The molecule has 0 aromatic heterocycles. The highest BCUT2D eigenvalue weighted by Gasteiger charge is 2.25. The Labute approximate surface area is 155 Å². The van der Waals surface area contributed by atoms with Crippen LogP contribution in [0.15, 0.2) is 36.4 Å². The van der Waals surface area contributed by atoms with E-state index in [0.29, 0.717) is 12.6 Å². The van der Waals surface area contributed by atoms with Gasteiger partial charge in [0, 0.05) is 30.9 Å². The molecule has 3 rings (SSSR count). The summed E-state index contributed by atoms with van der Waals surface area (Å²) in [5.41, 5.74) is 5.31. The highest BCUT2D eigenvalue weighted by Crippen LogP contribution is 2.34. The molecule has 138 valence electrons. The number of benzene rings is 2. The fraction of sp³-hybridized carbons (Fsp3) is 0.429. The maximum absolute atomic E-state index is 11.7. The first-order valence-corrected chi connectivity index (χ1v) is 9.31. The molecule has 0 radical (unpaired) electrons. The van der Waals surface area contributed by atoms with Crippen molar-refractivity contribution in [1.82, 2.24) is 0 Å². The molecule has 0 amide bonds. The van der Waals surface area contributed by atoms with E-state index in [4.69, 9.17) is 0 Å². The van der Waals surface area contributed by atoms with Gasteiger partial charge in [-0.25, -0.2) is 0 Å². The number of nitrogens with one attached hydrogen (secondary N) is 1. The predicted molar refractivity (Wildman–Crippen MR) is 107 cm³/mol. The number of nitro groups is 1. The standard InChI is InChI=1S/C21H27N3O2/c1-15-7-8-16(2)19(12-15)22-14-18-9-10-20(21(13-18)24(25)26)23-11-5-4-6-17(23)3/h7-10,12-13,17,22H,4-6,11,14H2,1-3H3/t17-/m0/s1. The monoisotopic (exact) mass is 353 g/mol. The Bertz CT molecular complexity index is 804. The topological polar surface area (TPSA) is 58.4 Å². The molecule has 1 atom stereocenters. The maximum Gasteiger partial charge on any atom is 0.292 e. The van der Waals surface area contributed by atoms with Crippen molar-refractivity contribution in [2.45, 2.75) is 52.6 Å². The Morgan fingerprint density at radius 3 is 2.73 bits per heavy atom. The Morgan fingerprint density at radius 2 is 2.00 bits per heavy atom. The van der Waals surface area contributed by atoms with Crippen molar-refractivity contribution in [1.29, 1.82) is 0 Å². The van der Waals surface area contributed by atoms with Gasteiger partial charge in [0.25, 0.3) is 5.69 Å². The van der Waals surface area contributed by atoms with Crippen LogP contribution in [0.25, 0.3) is 0 Å². The summed E-state index contributed by atoms with van der Waals surface area (Å²) in [6.07, 6.45) is 3.38. The molecule has 0 aliphatic carbocycles. The van der Waals surface area contributed by atoms with Crippen molar-refractivity contribution >= 4 is 17.1 Å². The number of aryl methyl sites for hydroxylation is 2. The van der Waals surface area contributed by atoms with Crippen LogP contribution in [-0.2, 0) is 6.54 Å². The maximum atomic E-state index is 11.7. The predicted octanol–water partition coefficient (Wildman–Crippen LogP) is 5.20. The van der Waals surface area contributed by atoms with E-state index < -0.39 is 0 Å². The molecular formula is C21H27N3O2. The van der Waals surface area contributed by atoms with E-state index in [1.165, 1.54) is 17.5 Å². The third-order valence-electron chi connectivity index (χ3n) is 5.22. The summed E-state index contributed by atoms with van der Waals surface area (Å²) >= 11 is 0. The van der Waals surface area contributed by atoms with Gasteiger partial charge in [-0.2, -0.15) is 0 Å². The van der Waals surface area contributed by atoms with Crippen molar-refractivity contribution in [3.8, 4) is 0 Å². The second kappa shape index (κ2) is 7.77. The molecular weight excluding hydrogens is 326 g/mol. The first kappa shape index (κ1) is 18.2. The molecule has 1 saturated heterocycles. The number of rotatable bonds is 5. The van der Waals surface area contributed by atoms with E-state index in [1.54, 1.807) is 6.07 Å². The van der Waals surface area contributed by atoms with Gasteiger partial charge in [-0.15, -0.1) is 0 Å². The minimum atomic E-state index is -0.252. The summed E-state index contributed by atoms with van der Waals surface area (Å²) in [7, 11) is 0. The van der Waals surface area contributed by atoms with E-state index in [0.717, 1.165) is 36.3 Å². The fourth-order valence-electron chi connectivity index (χ4n) is 3.65. The number of nitro benzene ring substituents is 1. The molecule has 0 saturated carbocycles.